The topological polar surface area (TPSA) is 50.4 Å². The fourth-order valence-electron chi connectivity index (χ4n) is 3.12. The Hall–Kier alpha value is -1.37. The Labute approximate surface area is 171 Å². The largest absolute Gasteiger partial charge is 0.381 e. The van der Waals surface area contributed by atoms with E-state index in [1.807, 2.05) is 0 Å². The van der Waals surface area contributed by atoms with Crippen LogP contribution in [0.5, 0.6) is 0 Å². The van der Waals surface area contributed by atoms with Crippen LogP contribution in [0, 0.1) is 5.82 Å². The molecule has 1 aliphatic rings. The number of hydrogen-bond donors (Lipinski definition) is 2. The van der Waals surface area contributed by atoms with Gasteiger partial charge in [0.15, 0.2) is 0 Å². The van der Waals surface area contributed by atoms with Crippen molar-refractivity contribution in [3.05, 3.63) is 62.8 Å². The van der Waals surface area contributed by atoms with Crippen LogP contribution >= 0.6 is 34.8 Å². The van der Waals surface area contributed by atoms with E-state index in [2.05, 4.69) is 10.6 Å². The number of amides is 1. The first kappa shape index (κ1) is 20.4. The van der Waals surface area contributed by atoms with Crippen molar-refractivity contribution in [2.75, 3.05) is 25.1 Å². The van der Waals surface area contributed by atoms with E-state index in [0.717, 1.165) is 5.56 Å². The molecule has 1 amide bonds. The van der Waals surface area contributed by atoms with Crippen molar-refractivity contribution in [1.82, 2.24) is 5.32 Å². The fraction of sp³-hybridized carbons (Fsp3) is 0.316. The van der Waals surface area contributed by atoms with Crippen LogP contribution in [0.2, 0.25) is 15.1 Å². The molecule has 2 N–H and O–H groups in total. The molecule has 0 saturated carbocycles. The average Bonchev–Trinajstić information content (AvgIpc) is 2.66. The second-order valence-electron chi connectivity index (χ2n) is 6.35. The quantitative estimate of drug-likeness (QED) is 0.654. The van der Waals surface area contributed by atoms with E-state index in [1.165, 1.54) is 24.3 Å². The summed E-state index contributed by atoms with van der Waals surface area (Å²) >= 11 is 18.0. The van der Waals surface area contributed by atoms with Crippen LogP contribution in [-0.2, 0) is 15.1 Å². The lowest BCUT2D eigenvalue weighted by Gasteiger charge is -2.38. The van der Waals surface area contributed by atoms with Crippen LogP contribution < -0.4 is 10.6 Å². The number of hydrogen-bond acceptors (Lipinski definition) is 3. The zero-order chi connectivity index (χ0) is 19.4. The zero-order valence-electron chi connectivity index (χ0n) is 14.3. The van der Waals surface area contributed by atoms with Crippen LogP contribution in [0.15, 0.2) is 36.4 Å². The van der Waals surface area contributed by atoms with Gasteiger partial charge in [-0.25, -0.2) is 4.39 Å². The first-order valence-electron chi connectivity index (χ1n) is 8.43. The van der Waals surface area contributed by atoms with E-state index in [-0.39, 0.29) is 18.3 Å². The summed E-state index contributed by atoms with van der Waals surface area (Å²) in [4.78, 5) is 12.4. The highest BCUT2D eigenvalue weighted by Crippen LogP contribution is 2.33. The summed E-state index contributed by atoms with van der Waals surface area (Å²) in [5.74, 6) is -0.573. The highest BCUT2D eigenvalue weighted by atomic mass is 35.5. The lowest BCUT2D eigenvalue weighted by molar-refractivity contribution is -0.116. The molecule has 144 valence electrons. The maximum atomic E-state index is 13.3. The SMILES string of the molecule is O=C(CNC1(c2ccc(F)cc2)CCOCC1)Nc1cc(Cl)c(Cl)cc1Cl. The standard InChI is InChI=1S/C19H18Cl3FN2O2/c20-14-9-16(22)17(10-15(14)21)25-18(26)11-24-19(5-7-27-8-6-19)12-1-3-13(23)4-2-12/h1-4,9-10,24H,5-8,11H2,(H,25,26). The summed E-state index contributed by atoms with van der Waals surface area (Å²) in [5, 5.41) is 6.97. The van der Waals surface area contributed by atoms with Gasteiger partial charge >= 0.3 is 0 Å². The van der Waals surface area contributed by atoms with Crippen molar-refractivity contribution >= 4 is 46.4 Å². The molecular formula is C19H18Cl3FN2O2. The third-order valence-corrected chi connectivity index (χ3v) is 5.65. The maximum absolute atomic E-state index is 13.3. The van der Waals surface area contributed by atoms with E-state index in [4.69, 9.17) is 39.5 Å². The maximum Gasteiger partial charge on any atom is 0.238 e. The summed E-state index contributed by atoms with van der Waals surface area (Å²) in [6.45, 7) is 1.17. The zero-order valence-corrected chi connectivity index (χ0v) is 16.6. The second kappa shape index (κ2) is 8.76. The number of carbonyl (C=O) groups is 1. The average molecular weight is 432 g/mol. The van der Waals surface area contributed by atoms with Gasteiger partial charge in [0.05, 0.1) is 27.3 Å². The van der Waals surface area contributed by atoms with Crippen molar-refractivity contribution in [3.63, 3.8) is 0 Å². The Bertz CT molecular complexity index is 824. The number of halogens is 4. The van der Waals surface area contributed by atoms with Crippen LogP contribution in [0.3, 0.4) is 0 Å². The van der Waals surface area contributed by atoms with E-state index < -0.39 is 5.54 Å². The fourth-order valence-corrected chi connectivity index (χ4v) is 3.71. The molecule has 0 aromatic heterocycles. The molecule has 0 spiro atoms. The Morgan fingerprint density at radius 1 is 1.04 bits per heavy atom. The van der Waals surface area contributed by atoms with Crippen LogP contribution in [0.4, 0.5) is 10.1 Å². The molecule has 0 unspecified atom stereocenters. The highest BCUT2D eigenvalue weighted by Gasteiger charge is 2.34. The van der Waals surface area contributed by atoms with Crippen LogP contribution in [0.25, 0.3) is 0 Å². The lowest BCUT2D eigenvalue weighted by atomic mass is 9.82. The molecule has 2 aromatic carbocycles. The number of ether oxygens (including phenoxy) is 1. The summed E-state index contributed by atoms with van der Waals surface area (Å²) in [7, 11) is 0. The Morgan fingerprint density at radius 3 is 2.33 bits per heavy atom. The van der Waals surface area contributed by atoms with E-state index in [9.17, 15) is 9.18 Å². The highest BCUT2D eigenvalue weighted by molar-refractivity contribution is 6.44. The molecule has 0 radical (unpaired) electrons. The molecule has 1 aliphatic heterocycles. The monoisotopic (exact) mass is 430 g/mol. The van der Waals surface area contributed by atoms with Gasteiger partial charge in [-0.2, -0.15) is 0 Å². The minimum Gasteiger partial charge on any atom is -0.381 e. The molecule has 4 nitrogen and oxygen atoms in total. The summed E-state index contributed by atoms with van der Waals surface area (Å²) in [6.07, 6.45) is 1.36. The van der Waals surface area contributed by atoms with Crippen LogP contribution in [-0.4, -0.2) is 25.7 Å². The number of anilines is 1. The molecule has 1 fully saturated rings. The molecule has 1 saturated heterocycles. The van der Waals surface area contributed by atoms with Gasteiger partial charge in [-0.15, -0.1) is 0 Å². The molecule has 3 rings (SSSR count). The van der Waals surface area contributed by atoms with Crippen molar-refractivity contribution in [3.8, 4) is 0 Å². The van der Waals surface area contributed by atoms with Gasteiger partial charge in [0.2, 0.25) is 5.91 Å². The van der Waals surface area contributed by atoms with Gasteiger partial charge in [0.1, 0.15) is 5.82 Å². The van der Waals surface area contributed by atoms with Gasteiger partial charge in [0.25, 0.3) is 0 Å². The number of benzene rings is 2. The van der Waals surface area contributed by atoms with E-state index in [0.29, 0.717) is 46.8 Å². The molecular weight excluding hydrogens is 414 g/mol. The molecule has 0 atom stereocenters. The van der Waals surface area contributed by atoms with Crippen molar-refractivity contribution in [1.29, 1.82) is 0 Å². The lowest BCUT2D eigenvalue weighted by Crippen LogP contribution is -2.49. The van der Waals surface area contributed by atoms with Gasteiger partial charge in [-0.3, -0.25) is 10.1 Å². The third-order valence-electron chi connectivity index (χ3n) is 4.61. The summed E-state index contributed by atoms with van der Waals surface area (Å²) < 4.78 is 18.7. The molecule has 1 heterocycles. The van der Waals surface area contributed by atoms with E-state index in [1.54, 1.807) is 12.1 Å². The number of carbonyl (C=O) groups excluding carboxylic acids is 1. The molecule has 0 aliphatic carbocycles. The molecule has 0 bridgehead atoms. The Balaban J connectivity index is 1.71. The van der Waals surface area contributed by atoms with E-state index >= 15 is 0 Å². The number of rotatable bonds is 5. The summed E-state index contributed by atoms with van der Waals surface area (Å²) in [6, 6.07) is 9.30. The Morgan fingerprint density at radius 2 is 1.67 bits per heavy atom. The minimum absolute atomic E-state index is 0.0496. The smallest absolute Gasteiger partial charge is 0.238 e. The van der Waals surface area contributed by atoms with Gasteiger partial charge < -0.3 is 10.1 Å². The first-order chi connectivity index (χ1) is 12.9. The van der Waals surface area contributed by atoms with Crippen molar-refractivity contribution in [2.24, 2.45) is 0 Å². The summed E-state index contributed by atoms with van der Waals surface area (Å²) in [5.41, 5.74) is 0.860. The minimum atomic E-state index is -0.454. The Kier molecular flexibility index (Phi) is 6.61. The van der Waals surface area contributed by atoms with Crippen LogP contribution in [0.1, 0.15) is 18.4 Å². The predicted octanol–water partition coefficient (Wildman–Crippen LogP) is 5.02. The first-order valence-corrected chi connectivity index (χ1v) is 9.56. The normalized spacial score (nSPS) is 16.1. The molecule has 2 aromatic rings. The number of nitrogens with one attached hydrogen (secondary N) is 2. The molecule has 8 heteroatoms. The second-order valence-corrected chi connectivity index (χ2v) is 7.57. The van der Waals surface area contributed by atoms with Crippen molar-refractivity contribution < 1.29 is 13.9 Å². The third kappa shape index (κ3) is 4.92. The predicted molar refractivity (Wildman–Crippen MR) is 106 cm³/mol. The molecule has 27 heavy (non-hydrogen) atoms. The van der Waals surface area contributed by atoms with Gasteiger partial charge in [0, 0.05) is 18.8 Å². The van der Waals surface area contributed by atoms with Crippen molar-refractivity contribution in [2.45, 2.75) is 18.4 Å². The van der Waals surface area contributed by atoms with Gasteiger partial charge in [-0.1, -0.05) is 46.9 Å². The van der Waals surface area contributed by atoms with Gasteiger partial charge in [-0.05, 0) is 42.7 Å².